The normalized spacial score (nSPS) is 10.2. The van der Waals surface area contributed by atoms with Crippen molar-refractivity contribution in [3.63, 3.8) is 0 Å². The SMILES string of the molecule is Cc1cc[c]([Bi]([C]#N)[c]2ccc(C)cc2)cc1. The summed E-state index contributed by atoms with van der Waals surface area (Å²) < 4.78 is 5.10. The van der Waals surface area contributed by atoms with Gasteiger partial charge in [0.1, 0.15) is 0 Å². The molecule has 0 radical (unpaired) electrons. The molecule has 17 heavy (non-hydrogen) atoms. The van der Waals surface area contributed by atoms with Crippen LogP contribution in [0.25, 0.3) is 0 Å². The van der Waals surface area contributed by atoms with Crippen molar-refractivity contribution in [3.05, 3.63) is 59.7 Å². The first-order chi connectivity index (χ1) is 8.20. The van der Waals surface area contributed by atoms with Crippen LogP contribution in [0, 0.1) is 22.9 Å². The summed E-state index contributed by atoms with van der Waals surface area (Å²) in [6, 6.07) is 16.9. The molecule has 0 aliphatic rings. The molecule has 0 aliphatic heterocycles. The maximum atomic E-state index is 9.41. The Balaban J connectivity index is 2.37. The van der Waals surface area contributed by atoms with Gasteiger partial charge >= 0.3 is 111 Å². The number of hydrogen-bond acceptors (Lipinski definition) is 1. The summed E-state index contributed by atoms with van der Waals surface area (Å²) in [5, 5.41) is 9.41. The Hall–Kier alpha value is -1.19. The summed E-state index contributed by atoms with van der Waals surface area (Å²) in [5.41, 5.74) is 2.50. The molecule has 0 spiro atoms. The summed E-state index contributed by atoms with van der Waals surface area (Å²) in [6.45, 7) is 4.15. The molecule has 84 valence electrons. The van der Waals surface area contributed by atoms with Crippen molar-refractivity contribution in [2.75, 3.05) is 0 Å². The fourth-order valence-electron chi connectivity index (χ4n) is 1.65. The van der Waals surface area contributed by atoms with E-state index >= 15 is 0 Å². The molecule has 0 amide bonds. The molecule has 0 heterocycles. The molecular formula is C15H14BiN. The molecule has 0 N–H and O–H groups in total. The van der Waals surface area contributed by atoms with Gasteiger partial charge in [0.25, 0.3) is 0 Å². The van der Waals surface area contributed by atoms with Crippen LogP contribution in [-0.2, 0) is 0 Å². The number of hydrogen-bond donors (Lipinski definition) is 0. The van der Waals surface area contributed by atoms with E-state index in [9.17, 15) is 5.26 Å². The van der Waals surface area contributed by atoms with Crippen molar-refractivity contribution in [1.29, 1.82) is 5.26 Å². The Labute approximate surface area is 110 Å². The van der Waals surface area contributed by atoms with E-state index < -0.39 is 21.8 Å². The third-order valence-corrected chi connectivity index (χ3v) is 9.79. The topological polar surface area (TPSA) is 23.8 Å². The molecule has 1 nitrogen and oxygen atoms in total. The average molecular weight is 417 g/mol. The predicted octanol–water partition coefficient (Wildman–Crippen LogP) is 1.98. The van der Waals surface area contributed by atoms with Crippen LogP contribution in [0.3, 0.4) is 0 Å². The Bertz CT molecular complexity index is 489. The monoisotopic (exact) mass is 417 g/mol. The van der Waals surface area contributed by atoms with Gasteiger partial charge in [-0.05, 0) is 0 Å². The van der Waals surface area contributed by atoms with Gasteiger partial charge in [-0.25, -0.2) is 0 Å². The summed E-state index contributed by atoms with van der Waals surface area (Å²) >= 11 is -2.36. The molecule has 2 heteroatoms. The fraction of sp³-hybridized carbons (Fsp3) is 0.133. The minimum atomic E-state index is -2.36. The van der Waals surface area contributed by atoms with E-state index in [1.165, 1.54) is 17.7 Å². The van der Waals surface area contributed by atoms with Gasteiger partial charge in [-0.15, -0.1) is 0 Å². The van der Waals surface area contributed by atoms with Crippen molar-refractivity contribution in [2.45, 2.75) is 13.8 Å². The summed E-state index contributed by atoms with van der Waals surface area (Å²) in [7, 11) is 0. The first-order valence-corrected chi connectivity index (χ1v) is 10.8. The molecular weight excluding hydrogens is 403 g/mol. The van der Waals surface area contributed by atoms with Gasteiger partial charge in [0.15, 0.2) is 0 Å². The molecule has 0 fully saturated rings. The zero-order valence-electron chi connectivity index (χ0n) is 10.0. The Morgan fingerprint density at radius 1 is 0.765 bits per heavy atom. The third kappa shape index (κ3) is 2.93. The van der Waals surface area contributed by atoms with E-state index in [2.05, 4.69) is 66.2 Å². The van der Waals surface area contributed by atoms with Crippen molar-refractivity contribution >= 4 is 28.3 Å². The van der Waals surface area contributed by atoms with Crippen LogP contribution in [0.15, 0.2) is 48.5 Å². The van der Waals surface area contributed by atoms with E-state index in [0.29, 0.717) is 0 Å². The number of rotatable bonds is 2. The molecule has 0 saturated carbocycles. The molecule has 2 aromatic rings. The van der Waals surface area contributed by atoms with Crippen LogP contribution >= 0.6 is 0 Å². The Morgan fingerprint density at radius 3 is 1.41 bits per heavy atom. The molecule has 0 aliphatic carbocycles. The number of nitrogens with zero attached hydrogens (tertiary/aromatic N) is 1. The van der Waals surface area contributed by atoms with Crippen LogP contribution < -0.4 is 6.54 Å². The van der Waals surface area contributed by atoms with Gasteiger partial charge in [0.05, 0.1) is 0 Å². The van der Waals surface area contributed by atoms with Gasteiger partial charge in [-0.1, -0.05) is 0 Å². The minimum absolute atomic E-state index is 1.25. The van der Waals surface area contributed by atoms with Crippen molar-refractivity contribution in [2.24, 2.45) is 0 Å². The predicted molar refractivity (Wildman–Crippen MR) is 73.0 cm³/mol. The van der Waals surface area contributed by atoms with Crippen LogP contribution in [0.4, 0.5) is 0 Å². The molecule has 0 unspecified atom stereocenters. The van der Waals surface area contributed by atoms with Crippen molar-refractivity contribution < 1.29 is 0 Å². The molecule has 0 aromatic heterocycles. The second kappa shape index (κ2) is 5.43. The Kier molecular flexibility index (Phi) is 3.92. The van der Waals surface area contributed by atoms with E-state index in [1.54, 1.807) is 0 Å². The second-order valence-corrected chi connectivity index (χ2v) is 11.5. The number of nitriles is 1. The van der Waals surface area contributed by atoms with Gasteiger partial charge in [-0.2, -0.15) is 0 Å². The van der Waals surface area contributed by atoms with Crippen molar-refractivity contribution in [1.82, 2.24) is 0 Å². The summed E-state index contributed by atoms with van der Waals surface area (Å²) in [4.78, 5) is 0. The van der Waals surface area contributed by atoms with Gasteiger partial charge in [-0.3, -0.25) is 0 Å². The quantitative estimate of drug-likeness (QED) is 0.686. The molecule has 0 bridgehead atoms. The van der Waals surface area contributed by atoms with Crippen LogP contribution in [0.5, 0.6) is 0 Å². The van der Waals surface area contributed by atoms with Gasteiger partial charge in [0, 0.05) is 0 Å². The molecule has 2 rings (SSSR count). The molecule has 0 saturated heterocycles. The zero-order chi connectivity index (χ0) is 12.3. The van der Waals surface area contributed by atoms with Crippen LogP contribution in [-0.4, -0.2) is 21.8 Å². The molecule has 0 atom stereocenters. The standard InChI is InChI=1S/2C7H7.CN.Bi/c2*1-7-5-3-2-4-6-7;1-2;/h2*3-6H,1H3;;. The number of aryl methyl sites for hydroxylation is 2. The Morgan fingerprint density at radius 2 is 1.12 bits per heavy atom. The summed E-state index contributed by atoms with van der Waals surface area (Å²) in [5.74, 6) is 0. The summed E-state index contributed by atoms with van der Waals surface area (Å²) in [6.07, 6.45) is 0. The van der Waals surface area contributed by atoms with E-state index in [0.717, 1.165) is 0 Å². The third-order valence-electron chi connectivity index (χ3n) is 2.68. The fourth-order valence-corrected chi connectivity index (χ4v) is 7.19. The second-order valence-electron chi connectivity index (χ2n) is 4.11. The van der Waals surface area contributed by atoms with Crippen LogP contribution in [0.2, 0.25) is 0 Å². The van der Waals surface area contributed by atoms with Gasteiger partial charge < -0.3 is 0 Å². The van der Waals surface area contributed by atoms with Crippen molar-refractivity contribution in [3.8, 4) is 3.78 Å². The maximum absolute atomic E-state index is 9.41. The van der Waals surface area contributed by atoms with Crippen LogP contribution in [0.1, 0.15) is 11.1 Å². The first kappa shape index (κ1) is 12.3. The van der Waals surface area contributed by atoms with E-state index in [4.69, 9.17) is 0 Å². The molecule has 2 aromatic carbocycles. The van der Waals surface area contributed by atoms with E-state index in [1.807, 2.05) is 0 Å². The number of benzene rings is 2. The zero-order valence-corrected chi connectivity index (χ0v) is 13.5. The van der Waals surface area contributed by atoms with Gasteiger partial charge in [0.2, 0.25) is 0 Å². The first-order valence-electron chi connectivity index (χ1n) is 5.54. The van der Waals surface area contributed by atoms with E-state index in [-0.39, 0.29) is 0 Å². The average Bonchev–Trinajstić information content (AvgIpc) is 2.35.